The molecule has 0 rings (SSSR count). The molecule has 0 spiro atoms. The van der Waals surface area contributed by atoms with Crippen LogP contribution in [0.4, 0.5) is 0 Å². The van der Waals surface area contributed by atoms with Gasteiger partial charge < -0.3 is 10.2 Å². The quantitative estimate of drug-likeness (QED) is 0.0727. The average Bonchev–Trinajstić information content (AvgIpc) is 2.96. The van der Waals surface area contributed by atoms with Crippen molar-refractivity contribution >= 4 is 11.9 Å². The molecule has 0 radical (unpaired) electrons. The lowest BCUT2D eigenvalue weighted by atomic mass is 9.75. The zero-order chi connectivity index (χ0) is 31.1. The highest BCUT2D eigenvalue weighted by atomic mass is 16.4. The van der Waals surface area contributed by atoms with Gasteiger partial charge >= 0.3 is 11.9 Å². The van der Waals surface area contributed by atoms with E-state index >= 15 is 0 Å². The number of hydrogen-bond acceptors (Lipinski definition) is 2. The molecule has 0 aliphatic rings. The summed E-state index contributed by atoms with van der Waals surface area (Å²) in [4.78, 5) is 23.5. The van der Waals surface area contributed by atoms with Crippen LogP contribution >= 0.6 is 0 Å². The highest BCUT2D eigenvalue weighted by Crippen LogP contribution is 2.33. The molecule has 0 amide bonds. The molecular formula is C38H74O4. The lowest BCUT2D eigenvalue weighted by Crippen LogP contribution is -2.30. The van der Waals surface area contributed by atoms with E-state index in [0.717, 1.165) is 32.1 Å². The lowest BCUT2D eigenvalue weighted by molar-refractivity contribution is -0.151. The van der Waals surface area contributed by atoms with Gasteiger partial charge in [-0.05, 0) is 18.3 Å². The average molecular weight is 595 g/mol. The van der Waals surface area contributed by atoms with Crippen LogP contribution in [0.1, 0.15) is 213 Å². The normalized spacial score (nSPS) is 13.7. The van der Waals surface area contributed by atoms with E-state index in [1.54, 1.807) is 0 Å². The SMILES string of the molecule is CCCCCCCCCCCCCCCCCCC(C)C(CCCCCCCCCCCCC)C(CC(=O)O)C(=O)O. The summed E-state index contributed by atoms with van der Waals surface area (Å²) in [7, 11) is 0. The van der Waals surface area contributed by atoms with Gasteiger partial charge in [-0.3, -0.25) is 9.59 Å². The lowest BCUT2D eigenvalue weighted by Gasteiger charge is -2.29. The summed E-state index contributed by atoms with van der Waals surface area (Å²) in [5, 5.41) is 19.3. The van der Waals surface area contributed by atoms with Gasteiger partial charge in [-0.1, -0.05) is 201 Å². The van der Waals surface area contributed by atoms with Gasteiger partial charge in [0, 0.05) is 0 Å². The molecular weight excluding hydrogens is 520 g/mol. The molecule has 0 bridgehead atoms. The largest absolute Gasteiger partial charge is 0.481 e. The minimum atomic E-state index is -0.985. The van der Waals surface area contributed by atoms with E-state index in [-0.39, 0.29) is 18.3 Å². The van der Waals surface area contributed by atoms with Gasteiger partial charge in [0.2, 0.25) is 0 Å². The van der Waals surface area contributed by atoms with Gasteiger partial charge in [0.05, 0.1) is 12.3 Å². The molecule has 0 aromatic rings. The number of carbonyl (C=O) groups is 2. The summed E-state index contributed by atoms with van der Waals surface area (Å²) in [6.07, 6.45) is 37.3. The first-order valence-corrected chi connectivity index (χ1v) is 18.9. The van der Waals surface area contributed by atoms with Crippen LogP contribution in [0.2, 0.25) is 0 Å². The molecule has 0 fully saturated rings. The van der Waals surface area contributed by atoms with Crippen LogP contribution in [-0.2, 0) is 9.59 Å². The second kappa shape index (κ2) is 31.4. The zero-order valence-corrected chi connectivity index (χ0v) is 28.7. The van der Waals surface area contributed by atoms with E-state index < -0.39 is 17.9 Å². The Morgan fingerprint density at radius 3 is 1.02 bits per heavy atom. The van der Waals surface area contributed by atoms with Crippen LogP contribution < -0.4 is 0 Å². The highest BCUT2D eigenvalue weighted by Gasteiger charge is 2.33. The van der Waals surface area contributed by atoms with Crippen LogP contribution in [0.3, 0.4) is 0 Å². The summed E-state index contributed by atoms with van der Waals surface area (Å²) in [5.41, 5.74) is 0. The third kappa shape index (κ3) is 26.6. The third-order valence-corrected chi connectivity index (χ3v) is 9.61. The molecule has 0 aliphatic heterocycles. The van der Waals surface area contributed by atoms with Crippen molar-refractivity contribution in [3.8, 4) is 0 Å². The smallest absolute Gasteiger partial charge is 0.307 e. The van der Waals surface area contributed by atoms with Gasteiger partial charge in [-0.2, -0.15) is 0 Å². The van der Waals surface area contributed by atoms with Crippen LogP contribution in [0.15, 0.2) is 0 Å². The van der Waals surface area contributed by atoms with Crippen molar-refractivity contribution in [2.75, 3.05) is 0 Å². The molecule has 0 heterocycles. The highest BCUT2D eigenvalue weighted by molar-refractivity contribution is 5.78. The summed E-state index contributed by atoms with van der Waals surface area (Å²) in [6.45, 7) is 6.71. The Morgan fingerprint density at radius 2 is 0.738 bits per heavy atom. The topological polar surface area (TPSA) is 74.6 Å². The number of unbranched alkanes of at least 4 members (excludes halogenated alkanes) is 25. The third-order valence-electron chi connectivity index (χ3n) is 9.61. The number of rotatable bonds is 34. The molecule has 42 heavy (non-hydrogen) atoms. The molecule has 0 saturated heterocycles. The first kappa shape index (κ1) is 40.9. The van der Waals surface area contributed by atoms with Crippen molar-refractivity contribution in [3.63, 3.8) is 0 Å². The van der Waals surface area contributed by atoms with Gasteiger partial charge in [0.1, 0.15) is 0 Å². The molecule has 0 aliphatic carbocycles. The number of carboxylic acids is 2. The Morgan fingerprint density at radius 1 is 0.452 bits per heavy atom. The fourth-order valence-electron chi connectivity index (χ4n) is 6.76. The van der Waals surface area contributed by atoms with Crippen molar-refractivity contribution in [1.82, 2.24) is 0 Å². The molecule has 4 nitrogen and oxygen atoms in total. The van der Waals surface area contributed by atoms with Crippen molar-refractivity contribution in [1.29, 1.82) is 0 Å². The number of aliphatic carboxylic acids is 2. The van der Waals surface area contributed by atoms with E-state index in [0.29, 0.717) is 0 Å². The van der Waals surface area contributed by atoms with Crippen LogP contribution in [-0.4, -0.2) is 22.2 Å². The minimum absolute atomic E-state index is 0.0338. The predicted octanol–water partition coefficient (Wildman–Crippen LogP) is 12.8. The monoisotopic (exact) mass is 595 g/mol. The maximum Gasteiger partial charge on any atom is 0.307 e. The zero-order valence-electron chi connectivity index (χ0n) is 28.7. The number of hydrogen-bond donors (Lipinski definition) is 2. The Labute approximate surface area is 262 Å². The van der Waals surface area contributed by atoms with Crippen molar-refractivity contribution in [2.24, 2.45) is 17.8 Å². The van der Waals surface area contributed by atoms with Crippen LogP contribution in [0.25, 0.3) is 0 Å². The molecule has 0 aromatic carbocycles. The van der Waals surface area contributed by atoms with E-state index in [1.165, 1.54) is 154 Å². The summed E-state index contributed by atoms with van der Waals surface area (Å²) in [6, 6.07) is 0. The standard InChI is InChI=1S/C38H74O4/c1-4-6-8-10-12-14-16-17-18-19-20-22-23-25-27-29-31-34(3)35(36(38(41)42)33-37(39)40)32-30-28-26-24-21-15-13-11-9-7-5-2/h34-36H,4-33H2,1-3H3,(H,39,40)(H,41,42). The fraction of sp³-hybridized carbons (Fsp3) is 0.947. The Bertz CT molecular complexity index is 590. The maximum absolute atomic E-state index is 12.0. The minimum Gasteiger partial charge on any atom is -0.481 e. The number of carboxylic acid groups (broad SMARTS) is 2. The van der Waals surface area contributed by atoms with Crippen molar-refractivity contribution in [2.45, 2.75) is 213 Å². The van der Waals surface area contributed by atoms with E-state index in [2.05, 4.69) is 20.8 Å². The van der Waals surface area contributed by atoms with E-state index in [9.17, 15) is 19.8 Å². The Hall–Kier alpha value is -1.06. The molecule has 3 unspecified atom stereocenters. The predicted molar refractivity (Wildman–Crippen MR) is 181 cm³/mol. The molecule has 0 saturated carbocycles. The Balaban J connectivity index is 4.09. The van der Waals surface area contributed by atoms with Crippen molar-refractivity contribution < 1.29 is 19.8 Å². The van der Waals surface area contributed by atoms with Gasteiger partial charge in [-0.25, -0.2) is 0 Å². The van der Waals surface area contributed by atoms with E-state index in [4.69, 9.17) is 0 Å². The molecule has 0 aromatic heterocycles. The first-order chi connectivity index (χ1) is 20.4. The molecule has 250 valence electrons. The van der Waals surface area contributed by atoms with Crippen LogP contribution in [0, 0.1) is 17.8 Å². The summed E-state index contributed by atoms with van der Waals surface area (Å²) >= 11 is 0. The van der Waals surface area contributed by atoms with Gasteiger partial charge in [0.15, 0.2) is 0 Å². The van der Waals surface area contributed by atoms with Crippen molar-refractivity contribution in [3.05, 3.63) is 0 Å². The second-order valence-corrected chi connectivity index (χ2v) is 13.6. The van der Waals surface area contributed by atoms with E-state index in [1.807, 2.05) is 0 Å². The maximum atomic E-state index is 12.0. The van der Waals surface area contributed by atoms with Crippen LogP contribution in [0.5, 0.6) is 0 Å². The fourth-order valence-corrected chi connectivity index (χ4v) is 6.76. The van der Waals surface area contributed by atoms with Gasteiger partial charge in [-0.15, -0.1) is 0 Å². The first-order valence-electron chi connectivity index (χ1n) is 18.9. The summed E-state index contributed by atoms with van der Waals surface area (Å²) < 4.78 is 0. The molecule has 2 N–H and O–H groups in total. The summed E-state index contributed by atoms with van der Waals surface area (Å²) in [5.74, 6) is -2.44. The Kier molecular flexibility index (Phi) is 30.6. The van der Waals surface area contributed by atoms with Gasteiger partial charge in [0.25, 0.3) is 0 Å². The molecule has 3 atom stereocenters. The second-order valence-electron chi connectivity index (χ2n) is 13.6. The molecule has 4 heteroatoms.